The van der Waals surface area contributed by atoms with Crippen LogP contribution >= 0.6 is 0 Å². The van der Waals surface area contributed by atoms with Crippen molar-refractivity contribution in [2.75, 3.05) is 25.1 Å². The van der Waals surface area contributed by atoms with E-state index < -0.39 is 21.7 Å². The van der Waals surface area contributed by atoms with E-state index in [1.54, 1.807) is 6.92 Å². The fraction of sp³-hybridized carbons (Fsp3) is 0.278. The van der Waals surface area contributed by atoms with Gasteiger partial charge in [-0.05, 0) is 55.5 Å². The Balaban J connectivity index is 1.73. The zero-order chi connectivity index (χ0) is 18.7. The molecule has 1 amide bonds. The van der Waals surface area contributed by atoms with Gasteiger partial charge in [-0.2, -0.15) is 4.31 Å². The van der Waals surface area contributed by atoms with Crippen LogP contribution in [0.25, 0.3) is 0 Å². The van der Waals surface area contributed by atoms with Crippen molar-refractivity contribution < 1.29 is 22.3 Å². The second kappa shape index (κ2) is 7.53. The molecular formula is C18H19FN2O4S. The predicted molar refractivity (Wildman–Crippen MR) is 95.0 cm³/mol. The van der Waals surface area contributed by atoms with Crippen molar-refractivity contribution in [1.82, 2.24) is 4.31 Å². The number of hydrogen-bond acceptors (Lipinski definition) is 4. The Bertz CT molecular complexity index is 882. The third-order valence-corrected chi connectivity index (χ3v) is 6.16. The summed E-state index contributed by atoms with van der Waals surface area (Å²) < 4.78 is 45.1. The highest BCUT2D eigenvalue weighted by Gasteiger charge is 2.31. The van der Waals surface area contributed by atoms with E-state index in [1.807, 2.05) is 0 Å². The number of halogens is 1. The van der Waals surface area contributed by atoms with E-state index in [4.69, 9.17) is 4.74 Å². The highest BCUT2D eigenvalue weighted by molar-refractivity contribution is 7.89. The normalized spacial score (nSPS) is 18.5. The Morgan fingerprint density at radius 3 is 2.42 bits per heavy atom. The predicted octanol–water partition coefficient (Wildman–Crippen LogP) is 2.49. The fourth-order valence-electron chi connectivity index (χ4n) is 2.72. The van der Waals surface area contributed by atoms with Crippen molar-refractivity contribution in [3.63, 3.8) is 0 Å². The standard InChI is InChI=1S/C18H19FN2O4S/c1-13-12-25-11-10-21(13)26(23,24)17-8-6-16(7-9-17)20-18(22)14-2-4-15(19)5-3-14/h2-9,13H,10-12H2,1H3,(H,20,22). The van der Waals surface area contributed by atoms with Gasteiger partial charge in [-0.15, -0.1) is 0 Å². The molecule has 0 bridgehead atoms. The summed E-state index contributed by atoms with van der Waals surface area (Å²) >= 11 is 0. The molecule has 0 aliphatic carbocycles. The molecule has 0 aromatic heterocycles. The van der Waals surface area contributed by atoms with Gasteiger partial charge in [0.25, 0.3) is 5.91 Å². The van der Waals surface area contributed by atoms with Crippen LogP contribution in [0.4, 0.5) is 10.1 Å². The average Bonchev–Trinajstić information content (AvgIpc) is 2.63. The number of benzene rings is 2. The van der Waals surface area contributed by atoms with Crippen molar-refractivity contribution in [2.45, 2.75) is 17.9 Å². The summed E-state index contributed by atoms with van der Waals surface area (Å²) in [5.41, 5.74) is 0.763. The number of nitrogens with zero attached hydrogens (tertiary/aromatic N) is 1. The molecule has 1 unspecified atom stereocenters. The molecule has 1 N–H and O–H groups in total. The number of anilines is 1. The lowest BCUT2D eigenvalue weighted by molar-refractivity contribution is 0.0393. The zero-order valence-corrected chi connectivity index (χ0v) is 15.0. The summed E-state index contributed by atoms with van der Waals surface area (Å²) in [6.07, 6.45) is 0. The van der Waals surface area contributed by atoms with Crippen molar-refractivity contribution in [3.8, 4) is 0 Å². The molecule has 0 spiro atoms. The minimum Gasteiger partial charge on any atom is -0.378 e. The van der Waals surface area contributed by atoms with Crippen LogP contribution in [0.3, 0.4) is 0 Å². The summed E-state index contributed by atoms with van der Waals surface area (Å²) in [5.74, 6) is -0.823. The Labute approximate surface area is 151 Å². The molecule has 6 nitrogen and oxygen atoms in total. The summed E-state index contributed by atoms with van der Waals surface area (Å²) in [4.78, 5) is 12.3. The van der Waals surface area contributed by atoms with Gasteiger partial charge in [0.15, 0.2) is 0 Å². The lowest BCUT2D eigenvalue weighted by Crippen LogP contribution is -2.46. The number of hydrogen-bond donors (Lipinski definition) is 1. The Kier molecular flexibility index (Phi) is 5.36. The highest BCUT2D eigenvalue weighted by atomic mass is 32.2. The molecule has 1 saturated heterocycles. The largest absolute Gasteiger partial charge is 0.378 e. The number of morpholine rings is 1. The average molecular weight is 378 g/mol. The lowest BCUT2D eigenvalue weighted by atomic mass is 10.2. The summed E-state index contributed by atoms with van der Waals surface area (Å²) in [6, 6.07) is 10.9. The third kappa shape index (κ3) is 3.92. The smallest absolute Gasteiger partial charge is 0.255 e. The first-order chi connectivity index (χ1) is 12.4. The summed E-state index contributed by atoms with van der Waals surface area (Å²) in [6.45, 7) is 2.85. The van der Waals surface area contributed by atoms with Gasteiger partial charge in [0.05, 0.1) is 18.1 Å². The van der Waals surface area contributed by atoms with E-state index in [2.05, 4.69) is 5.32 Å². The van der Waals surface area contributed by atoms with Crippen LogP contribution in [0.15, 0.2) is 53.4 Å². The maximum absolute atomic E-state index is 12.9. The number of rotatable bonds is 4. The molecule has 1 heterocycles. The van der Waals surface area contributed by atoms with Gasteiger partial charge >= 0.3 is 0 Å². The first kappa shape index (κ1) is 18.5. The van der Waals surface area contributed by atoms with E-state index >= 15 is 0 Å². The SMILES string of the molecule is CC1COCCN1S(=O)(=O)c1ccc(NC(=O)c2ccc(F)cc2)cc1. The van der Waals surface area contributed by atoms with Crippen LogP contribution in [-0.2, 0) is 14.8 Å². The fourth-order valence-corrected chi connectivity index (χ4v) is 4.32. The van der Waals surface area contributed by atoms with Crippen LogP contribution in [-0.4, -0.2) is 44.4 Å². The van der Waals surface area contributed by atoms with E-state index in [0.29, 0.717) is 31.0 Å². The van der Waals surface area contributed by atoms with Crippen LogP contribution in [0.2, 0.25) is 0 Å². The van der Waals surface area contributed by atoms with Crippen molar-refractivity contribution in [2.24, 2.45) is 0 Å². The number of carbonyl (C=O) groups is 1. The molecule has 138 valence electrons. The monoisotopic (exact) mass is 378 g/mol. The molecule has 26 heavy (non-hydrogen) atoms. The minimum absolute atomic E-state index is 0.158. The maximum Gasteiger partial charge on any atom is 0.255 e. The van der Waals surface area contributed by atoms with Crippen molar-refractivity contribution in [1.29, 1.82) is 0 Å². The quantitative estimate of drug-likeness (QED) is 0.887. The molecule has 1 fully saturated rings. The Morgan fingerprint density at radius 1 is 1.15 bits per heavy atom. The molecule has 2 aromatic rings. The van der Waals surface area contributed by atoms with Gasteiger partial charge in [0.1, 0.15) is 5.82 Å². The first-order valence-corrected chi connectivity index (χ1v) is 9.58. The second-order valence-corrected chi connectivity index (χ2v) is 7.92. The molecule has 1 aliphatic heterocycles. The molecule has 1 aliphatic rings. The van der Waals surface area contributed by atoms with E-state index in [-0.39, 0.29) is 10.9 Å². The number of amides is 1. The molecular weight excluding hydrogens is 359 g/mol. The number of ether oxygens (including phenoxy) is 1. The van der Waals surface area contributed by atoms with Gasteiger partial charge in [-0.25, -0.2) is 12.8 Å². The van der Waals surface area contributed by atoms with Gasteiger partial charge in [-0.3, -0.25) is 4.79 Å². The number of carbonyl (C=O) groups excluding carboxylic acids is 1. The van der Waals surface area contributed by atoms with Crippen molar-refractivity contribution in [3.05, 3.63) is 59.9 Å². The summed E-state index contributed by atoms with van der Waals surface area (Å²) in [7, 11) is -3.61. The lowest BCUT2D eigenvalue weighted by Gasteiger charge is -2.32. The zero-order valence-electron chi connectivity index (χ0n) is 14.2. The van der Waals surface area contributed by atoms with Gasteiger partial charge in [0, 0.05) is 23.8 Å². The van der Waals surface area contributed by atoms with Crippen molar-refractivity contribution >= 4 is 21.6 Å². The highest BCUT2D eigenvalue weighted by Crippen LogP contribution is 2.22. The van der Waals surface area contributed by atoms with Crippen LogP contribution in [0, 0.1) is 5.82 Å². The Morgan fingerprint density at radius 2 is 1.81 bits per heavy atom. The maximum atomic E-state index is 12.9. The summed E-state index contributed by atoms with van der Waals surface area (Å²) in [5, 5.41) is 2.65. The topological polar surface area (TPSA) is 75.7 Å². The number of nitrogens with one attached hydrogen (secondary N) is 1. The Hall–Kier alpha value is -2.29. The molecule has 3 rings (SSSR count). The van der Waals surface area contributed by atoms with Crippen LogP contribution < -0.4 is 5.32 Å². The second-order valence-electron chi connectivity index (χ2n) is 6.03. The molecule has 2 aromatic carbocycles. The molecule has 8 heteroatoms. The third-order valence-electron chi connectivity index (χ3n) is 4.13. The molecule has 0 radical (unpaired) electrons. The molecule has 1 atom stereocenters. The number of sulfonamides is 1. The van der Waals surface area contributed by atoms with Gasteiger partial charge in [0.2, 0.25) is 10.0 Å². The van der Waals surface area contributed by atoms with E-state index in [1.165, 1.54) is 52.8 Å². The van der Waals surface area contributed by atoms with Gasteiger partial charge in [-0.1, -0.05) is 0 Å². The van der Waals surface area contributed by atoms with Crippen LogP contribution in [0.5, 0.6) is 0 Å². The van der Waals surface area contributed by atoms with Gasteiger partial charge < -0.3 is 10.1 Å². The minimum atomic E-state index is -3.61. The van der Waals surface area contributed by atoms with E-state index in [9.17, 15) is 17.6 Å². The molecule has 0 saturated carbocycles. The van der Waals surface area contributed by atoms with Crippen LogP contribution in [0.1, 0.15) is 17.3 Å². The first-order valence-electron chi connectivity index (χ1n) is 8.14. The van der Waals surface area contributed by atoms with E-state index in [0.717, 1.165) is 0 Å².